The number of nitrogens with zero attached hydrogens (tertiary/aromatic N) is 2. The lowest BCUT2D eigenvalue weighted by Gasteiger charge is -2.18. The van der Waals surface area contributed by atoms with Gasteiger partial charge in [0.25, 0.3) is 0 Å². The Morgan fingerprint density at radius 1 is 0.955 bits per heavy atom. The highest BCUT2D eigenvalue weighted by atomic mass is 16.1. The summed E-state index contributed by atoms with van der Waals surface area (Å²) in [6.45, 7) is 1.86. The SMILES string of the molecule is Cc1nc2c3c(cccc3n1)C(=O)C=C2Nc1ccccc1. The number of carbonyl (C=O) groups is 1. The molecule has 22 heavy (non-hydrogen) atoms. The Bertz CT molecular complexity index is 930. The molecule has 0 saturated carbocycles. The van der Waals surface area contributed by atoms with E-state index in [-0.39, 0.29) is 5.78 Å². The van der Waals surface area contributed by atoms with Crippen LogP contribution in [0.2, 0.25) is 0 Å². The first kappa shape index (κ1) is 12.7. The number of carbonyl (C=O) groups excluding carboxylic acids is 1. The van der Waals surface area contributed by atoms with Crippen LogP contribution in [0.1, 0.15) is 21.9 Å². The number of benzene rings is 2. The van der Waals surface area contributed by atoms with Crippen LogP contribution in [0.15, 0.2) is 54.6 Å². The van der Waals surface area contributed by atoms with Crippen molar-refractivity contribution in [3.8, 4) is 0 Å². The molecule has 1 N–H and O–H groups in total. The summed E-state index contributed by atoms with van der Waals surface area (Å²) < 4.78 is 0. The van der Waals surface area contributed by atoms with Crippen LogP contribution in [0.5, 0.6) is 0 Å². The van der Waals surface area contributed by atoms with E-state index in [1.165, 1.54) is 0 Å². The number of hydrogen-bond acceptors (Lipinski definition) is 4. The zero-order valence-corrected chi connectivity index (χ0v) is 12.0. The molecule has 0 saturated heterocycles. The number of aromatic nitrogens is 2. The molecular weight excluding hydrogens is 274 g/mol. The molecule has 0 atom stereocenters. The number of ketones is 1. The third-order valence-corrected chi connectivity index (χ3v) is 3.68. The Labute approximate surface area is 127 Å². The largest absolute Gasteiger partial charge is 0.354 e. The summed E-state index contributed by atoms with van der Waals surface area (Å²) >= 11 is 0. The lowest BCUT2D eigenvalue weighted by molar-refractivity contribution is 0.104. The molecule has 0 aliphatic heterocycles. The summed E-state index contributed by atoms with van der Waals surface area (Å²) in [5.41, 5.74) is 3.87. The van der Waals surface area contributed by atoms with Crippen molar-refractivity contribution < 1.29 is 4.79 Å². The number of nitrogens with one attached hydrogen (secondary N) is 1. The van der Waals surface area contributed by atoms with E-state index >= 15 is 0 Å². The smallest absolute Gasteiger partial charge is 0.188 e. The number of aryl methyl sites for hydroxylation is 1. The Morgan fingerprint density at radius 2 is 1.77 bits per heavy atom. The fourth-order valence-electron chi connectivity index (χ4n) is 2.75. The lowest BCUT2D eigenvalue weighted by Crippen LogP contribution is -2.13. The van der Waals surface area contributed by atoms with Crippen molar-refractivity contribution in [1.29, 1.82) is 0 Å². The van der Waals surface area contributed by atoms with E-state index in [0.717, 1.165) is 22.3 Å². The molecule has 4 rings (SSSR count). The van der Waals surface area contributed by atoms with Crippen molar-refractivity contribution >= 4 is 28.1 Å². The molecule has 1 aliphatic rings. The first-order valence-electron chi connectivity index (χ1n) is 7.08. The van der Waals surface area contributed by atoms with Gasteiger partial charge >= 0.3 is 0 Å². The molecule has 0 spiro atoms. The van der Waals surface area contributed by atoms with Gasteiger partial charge in [-0.15, -0.1) is 0 Å². The van der Waals surface area contributed by atoms with Crippen LogP contribution >= 0.6 is 0 Å². The van der Waals surface area contributed by atoms with Crippen molar-refractivity contribution in [3.63, 3.8) is 0 Å². The van der Waals surface area contributed by atoms with Gasteiger partial charge in [0, 0.05) is 22.7 Å². The first-order valence-corrected chi connectivity index (χ1v) is 7.08. The molecule has 0 amide bonds. The second-order valence-corrected chi connectivity index (χ2v) is 5.23. The molecule has 4 heteroatoms. The van der Waals surface area contributed by atoms with Gasteiger partial charge in [-0.1, -0.05) is 30.3 Å². The van der Waals surface area contributed by atoms with Gasteiger partial charge in [0.15, 0.2) is 5.78 Å². The quantitative estimate of drug-likeness (QED) is 0.782. The summed E-state index contributed by atoms with van der Waals surface area (Å²) in [7, 11) is 0. The predicted molar refractivity (Wildman–Crippen MR) is 86.6 cm³/mol. The maximum Gasteiger partial charge on any atom is 0.188 e. The summed E-state index contributed by atoms with van der Waals surface area (Å²) in [5, 5.41) is 4.11. The second kappa shape index (κ2) is 4.77. The van der Waals surface area contributed by atoms with Crippen molar-refractivity contribution in [2.45, 2.75) is 6.92 Å². The summed E-state index contributed by atoms with van der Waals surface area (Å²) in [4.78, 5) is 21.4. The van der Waals surface area contributed by atoms with Gasteiger partial charge in [0.1, 0.15) is 5.82 Å². The molecule has 2 aromatic carbocycles. The minimum absolute atomic E-state index is 0.0241. The number of anilines is 1. The van der Waals surface area contributed by atoms with Crippen LogP contribution in [0, 0.1) is 6.92 Å². The molecule has 0 radical (unpaired) electrons. The van der Waals surface area contributed by atoms with E-state index in [1.807, 2.05) is 55.5 Å². The van der Waals surface area contributed by atoms with Crippen molar-refractivity contribution in [2.24, 2.45) is 0 Å². The highest BCUT2D eigenvalue weighted by Crippen LogP contribution is 2.31. The van der Waals surface area contributed by atoms with E-state index < -0.39 is 0 Å². The monoisotopic (exact) mass is 287 g/mol. The van der Waals surface area contributed by atoms with Crippen molar-refractivity contribution in [2.75, 3.05) is 5.32 Å². The first-order chi connectivity index (χ1) is 10.7. The van der Waals surface area contributed by atoms with Crippen LogP contribution < -0.4 is 5.32 Å². The maximum absolute atomic E-state index is 12.4. The molecule has 1 aromatic heterocycles. The number of hydrogen-bond donors (Lipinski definition) is 1. The Balaban J connectivity index is 1.93. The van der Waals surface area contributed by atoms with Gasteiger partial charge < -0.3 is 5.32 Å². The second-order valence-electron chi connectivity index (χ2n) is 5.23. The fourth-order valence-corrected chi connectivity index (χ4v) is 2.75. The van der Waals surface area contributed by atoms with Gasteiger partial charge in [0.2, 0.25) is 0 Å². The zero-order chi connectivity index (χ0) is 15.1. The van der Waals surface area contributed by atoms with E-state index in [4.69, 9.17) is 0 Å². The Morgan fingerprint density at radius 3 is 2.59 bits per heavy atom. The van der Waals surface area contributed by atoms with E-state index in [9.17, 15) is 4.79 Å². The van der Waals surface area contributed by atoms with E-state index in [2.05, 4.69) is 15.3 Å². The standard InChI is InChI=1S/C18H13N3O/c1-11-19-14-9-5-8-13-16(22)10-15(18(20-11)17(13)14)21-12-6-3-2-4-7-12/h2-10,21H,1H3. The van der Waals surface area contributed by atoms with Crippen molar-refractivity contribution in [1.82, 2.24) is 9.97 Å². The van der Waals surface area contributed by atoms with E-state index in [0.29, 0.717) is 17.1 Å². The molecule has 0 bridgehead atoms. The van der Waals surface area contributed by atoms with Crippen molar-refractivity contribution in [3.05, 3.63) is 71.7 Å². The molecule has 106 valence electrons. The van der Waals surface area contributed by atoms with Crippen LogP contribution in [-0.2, 0) is 0 Å². The van der Waals surface area contributed by atoms with Crippen LogP contribution in [0.25, 0.3) is 16.6 Å². The van der Waals surface area contributed by atoms with Gasteiger partial charge in [-0.25, -0.2) is 9.97 Å². The normalized spacial score (nSPS) is 13.1. The van der Waals surface area contributed by atoms with Gasteiger partial charge in [0.05, 0.1) is 16.9 Å². The topological polar surface area (TPSA) is 54.9 Å². The average Bonchev–Trinajstić information content (AvgIpc) is 2.52. The molecule has 1 aliphatic carbocycles. The molecule has 0 unspecified atom stereocenters. The number of rotatable bonds is 2. The minimum atomic E-state index is -0.0241. The highest BCUT2D eigenvalue weighted by Gasteiger charge is 2.22. The summed E-state index contributed by atoms with van der Waals surface area (Å²) in [6, 6.07) is 15.3. The summed E-state index contributed by atoms with van der Waals surface area (Å²) in [6.07, 6.45) is 1.61. The van der Waals surface area contributed by atoms with Crippen LogP contribution in [0.3, 0.4) is 0 Å². The molecular formula is C18H13N3O. The lowest BCUT2D eigenvalue weighted by atomic mass is 9.95. The molecule has 0 fully saturated rings. The van der Waals surface area contributed by atoms with Crippen LogP contribution in [-0.4, -0.2) is 15.8 Å². The van der Waals surface area contributed by atoms with E-state index in [1.54, 1.807) is 6.08 Å². The van der Waals surface area contributed by atoms with Gasteiger partial charge in [-0.05, 0) is 25.1 Å². The third kappa shape index (κ3) is 1.97. The maximum atomic E-state index is 12.4. The minimum Gasteiger partial charge on any atom is -0.354 e. The van der Waals surface area contributed by atoms with Gasteiger partial charge in [-0.2, -0.15) is 0 Å². The Hall–Kier alpha value is -3.01. The Kier molecular flexibility index (Phi) is 2.76. The van der Waals surface area contributed by atoms with Gasteiger partial charge in [-0.3, -0.25) is 4.79 Å². The number of para-hydroxylation sites is 1. The molecule has 3 aromatic rings. The molecule has 4 nitrogen and oxygen atoms in total. The number of allylic oxidation sites excluding steroid dienone is 1. The van der Waals surface area contributed by atoms with Crippen LogP contribution in [0.4, 0.5) is 5.69 Å². The highest BCUT2D eigenvalue weighted by molar-refractivity contribution is 6.21. The molecule has 1 heterocycles. The fraction of sp³-hybridized carbons (Fsp3) is 0.0556. The third-order valence-electron chi connectivity index (χ3n) is 3.68. The zero-order valence-electron chi connectivity index (χ0n) is 12.0. The summed E-state index contributed by atoms with van der Waals surface area (Å²) in [5.74, 6) is 0.666. The predicted octanol–water partition coefficient (Wildman–Crippen LogP) is 3.59. The average molecular weight is 287 g/mol.